The maximum atomic E-state index is 12.6. The molecule has 1 aliphatic carbocycles. The first-order valence-electron chi connectivity index (χ1n) is 8.98. The number of hydrogen-bond donors (Lipinski definition) is 1. The number of amides is 2. The van der Waals surface area contributed by atoms with Crippen LogP contribution in [0.2, 0.25) is 0 Å². The highest BCUT2D eigenvalue weighted by Gasteiger charge is 2.22. The van der Waals surface area contributed by atoms with Gasteiger partial charge in [0, 0.05) is 42.6 Å². The Bertz CT molecular complexity index is 691. The number of urea groups is 1. The van der Waals surface area contributed by atoms with Crippen molar-refractivity contribution in [2.75, 3.05) is 36.4 Å². The maximum absolute atomic E-state index is 12.6. The minimum atomic E-state index is -0.0232. The van der Waals surface area contributed by atoms with E-state index in [2.05, 4.69) is 20.2 Å². The standard InChI is InChI=1S/C17H23N5OS2/c23-16(20-15-19-13-5-2-1-3-6-14(13)25-15)21-8-4-9-22(11-10-21)17-18-7-12-24-17/h7,12H,1-6,8-11H2,(H,19,20,23). The zero-order chi connectivity index (χ0) is 17.1. The molecule has 2 aliphatic rings. The average Bonchev–Trinajstić information content (AvgIpc) is 3.13. The summed E-state index contributed by atoms with van der Waals surface area (Å²) in [5.74, 6) is 0. The number of rotatable bonds is 2. The lowest BCUT2D eigenvalue weighted by molar-refractivity contribution is 0.215. The molecule has 0 bridgehead atoms. The van der Waals surface area contributed by atoms with Crippen molar-refractivity contribution in [3.8, 4) is 0 Å². The molecule has 1 aliphatic heterocycles. The number of hydrogen-bond acceptors (Lipinski definition) is 6. The molecule has 3 heterocycles. The van der Waals surface area contributed by atoms with E-state index in [1.165, 1.54) is 29.8 Å². The fraction of sp³-hybridized carbons (Fsp3) is 0.588. The Kier molecular flexibility index (Phi) is 5.17. The molecule has 8 heteroatoms. The van der Waals surface area contributed by atoms with Crippen LogP contribution in [0, 0.1) is 0 Å². The smallest absolute Gasteiger partial charge is 0.323 e. The van der Waals surface area contributed by atoms with Gasteiger partial charge in [0.1, 0.15) is 0 Å². The predicted molar refractivity (Wildman–Crippen MR) is 103 cm³/mol. The maximum Gasteiger partial charge on any atom is 0.323 e. The Balaban J connectivity index is 1.36. The highest BCUT2D eigenvalue weighted by molar-refractivity contribution is 7.15. The largest absolute Gasteiger partial charge is 0.346 e. The van der Waals surface area contributed by atoms with Crippen LogP contribution >= 0.6 is 22.7 Å². The zero-order valence-electron chi connectivity index (χ0n) is 14.2. The third kappa shape index (κ3) is 3.95. The van der Waals surface area contributed by atoms with Gasteiger partial charge in [-0.2, -0.15) is 0 Å². The summed E-state index contributed by atoms with van der Waals surface area (Å²) >= 11 is 3.31. The second-order valence-electron chi connectivity index (χ2n) is 6.52. The lowest BCUT2D eigenvalue weighted by atomic mass is 10.2. The van der Waals surface area contributed by atoms with Gasteiger partial charge in [-0.25, -0.2) is 14.8 Å². The number of nitrogens with zero attached hydrogens (tertiary/aromatic N) is 4. The van der Waals surface area contributed by atoms with Gasteiger partial charge in [-0.15, -0.1) is 22.7 Å². The highest BCUT2D eigenvalue weighted by Crippen LogP contribution is 2.29. The van der Waals surface area contributed by atoms with Crippen LogP contribution in [0.25, 0.3) is 0 Å². The fourth-order valence-electron chi connectivity index (χ4n) is 3.44. The summed E-state index contributed by atoms with van der Waals surface area (Å²) in [6, 6.07) is -0.0232. The topological polar surface area (TPSA) is 61.4 Å². The molecule has 1 N–H and O–H groups in total. The number of fused-ring (bicyclic) bond motifs is 1. The van der Waals surface area contributed by atoms with Crippen molar-refractivity contribution in [2.45, 2.75) is 38.5 Å². The van der Waals surface area contributed by atoms with Crippen molar-refractivity contribution < 1.29 is 4.79 Å². The first-order chi connectivity index (χ1) is 12.3. The summed E-state index contributed by atoms with van der Waals surface area (Å²) in [4.78, 5) is 27.2. The molecule has 0 aromatic carbocycles. The van der Waals surface area contributed by atoms with Gasteiger partial charge in [-0.3, -0.25) is 5.32 Å². The van der Waals surface area contributed by atoms with Gasteiger partial charge >= 0.3 is 6.03 Å². The van der Waals surface area contributed by atoms with Crippen LogP contribution in [0.15, 0.2) is 11.6 Å². The molecule has 1 fully saturated rings. The van der Waals surface area contributed by atoms with E-state index in [1.807, 2.05) is 16.5 Å². The van der Waals surface area contributed by atoms with Gasteiger partial charge < -0.3 is 9.80 Å². The molecule has 0 atom stereocenters. The lowest BCUT2D eigenvalue weighted by Gasteiger charge is -2.21. The van der Waals surface area contributed by atoms with Gasteiger partial charge in [0.2, 0.25) is 0 Å². The molecule has 0 unspecified atom stereocenters. The average molecular weight is 378 g/mol. The molecule has 0 radical (unpaired) electrons. The molecular formula is C17H23N5OS2. The molecule has 2 aromatic heterocycles. The lowest BCUT2D eigenvalue weighted by Crippen LogP contribution is -2.38. The van der Waals surface area contributed by atoms with Crippen LogP contribution in [-0.2, 0) is 12.8 Å². The number of carbonyl (C=O) groups is 1. The minimum Gasteiger partial charge on any atom is -0.346 e. The van der Waals surface area contributed by atoms with Gasteiger partial charge in [0.05, 0.1) is 5.69 Å². The van der Waals surface area contributed by atoms with Crippen molar-refractivity contribution in [2.24, 2.45) is 0 Å². The number of carbonyl (C=O) groups excluding carboxylic acids is 1. The third-order valence-electron chi connectivity index (χ3n) is 4.78. The summed E-state index contributed by atoms with van der Waals surface area (Å²) in [6.07, 6.45) is 8.69. The van der Waals surface area contributed by atoms with Gasteiger partial charge in [0.15, 0.2) is 10.3 Å². The molecular weight excluding hydrogens is 354 g/mol. The molecule has 0 spiro atoms. The SMILES string of the molecule is O=C(Nc1nc2c(s1)CCCCC2)N1CCCN(c2nccs2)CC1. The second kappa shape index (κ2) is 7.70. The van der Waals surface area contributed by atoms with Crippen LogP contribution in [-0.4, -0.2) is 47.1 Å². The monoisotopic (exact) mass is 377 g/mol. The van der Waals surface area contributed by atoms with E-state index in [1.54, 1.807) is 22.7 Å². The number of thiazole rings is 2. The zero-order valence-corrected chi connectivity index (χ0v) is 15.9. The van der Waals surface area contributed by atoms with Crippen LogP contribution in [0.3, 0.4) is 0 Å². The Labute approximate surface area is 155 Å². The van der Waals surface area contributed by atoms with Gasteiger partial charge in [0.25, 0.3) is 0 Å². The van der Waals surface area contributed by atoms with E-state index in [4.69, 9.17) is 0 Å². The normalized spacial score (nSPS) is 18.4. The Morgan fingerprint density at radius 3 is 2.88 bits per heavy atom. The fourth-order valence-corrected chi connectivity index (χ4v) is 5.17. The summed E-state index contributed by atoms with van der Waals surface area (Å²) < 4.78 is 0. The Morgan fingerprint density at radius 2 is 2.00 bits per heavy atom. The first kappa shape index (κ1) is 16.8. The van der Waals surface area contributed by atoms with E-state index >= 15 is 0 Å². The van der Waals surface area contributed by atoms with E-state index < -0.39 is 0 Å². The summed E-state index contributed by atoms with van der Waals surface area (Å²) in [5.41, 5.74) is 1.20. The van der Waals surface area contributed by atoms with Crippen LogP contribution in [0.1, 0.15) is 36.3 Å². The predicted octanol–water partition coefficient (Wildman–Crippen LogP) is 3.61. The highest BCUT2D eigenvalue weighted by atomic mass is 32.1. The van der Waals surface area contributed by atoms with Crippen LogP contribution in [0.5, 0.6) is 0 Å². The van der Waals surface area contributed by atoms with Crippen molar-refractivity contribution in [3.63, 3.8) is 0 Å². The van der Waals surface area contributed by atoms with Crippen LogP contribution < -0.4 is 10.2 Å². The Hall–Kier alpha value is -1.67. The Morgan fingerprint density at radius 1 is 1.08 bits per heavy atom. The molecule has 134 valence electrons. The van der Waals surface area contributed by atoms with Crippen LogP contribution in [0.4, 0.5) is 15.1 Å². The number of nitrogens with one attached hydrogen (secondary N) is 1. The summed E-state index contributed by atoms with van der Waals surface area (Å²) in [7, 11) is 0. The van der Waals surface area contributed by atoms with E-state index in [-0.39, 0.29) is 6.03 Å². The molecule has 2 aromatic rings. The van der Waals surface area contributed by atoms with Crippen molar-refractivity contribution in [1.82, 2.24) is 14.9 Å². The number of anilines is 2. The van der Waals surface area contributed by atoms with Crippen molar-refractivity contribution in [3.05, 3.63) is 22.1 Å². The number of aryl methyl sites for hydroxylation is 2. The van der Waals surface area contributed by atoms with E-state index in [0.717, 1.165) is 55.7 Å². The quantitative estimate of drug-likeness (QED) is 0.812. The van der Waals surface area contributed by atoms with Gasteiger partial charge in [-0.1, -0.05) is 6.42 Å². The van der Waals surface area contributed by atoms with E-state index in [9.17, 15) is 4.79 Å². The number of aromatic nitrogens is 2. The molecule has 1 saturated heterocycles. The van der Waals surface area contributed by atoms with Crippen molar-refractivity contribution in [1.29, 1.82) is 0 Å². The van der Waals surface area contributed by atoms with E-state index in [0.29, 0.717) is 0 Å². The third-order valence-corrected chi connectivity index (χ3v) is 6.69. The van der Waals surface area contributed by atoms with Crippen molar-refractivity contribution >= 4 is 39.0 Å². The minimum absolute atomic E-state index is 0.0232. The molecule has 4 rings (SSSR count). The molecule has 25 heavy (non-hydrogen) atoms. The first-order valence-corrected chi connectivity index (χ1v) is 10.7. The summed E-state index contributed by atoms with van der Waals surface area (Å²) in [5, 5.41) is 6.84. The summed E-state index contributed by atoms with van der Waals surface area (Å²) in [6.45, 7) is 3.27. The molecule has 6 nitrogen and oxygen atoms in total. The van der Waals surface area contributed by atoms with Gasteiger partial charge in [-0.05, 0) is 32.1 Å². The molecule has 2 amide bonds. The molecule has 0 saturated carbocycles. The second-order valence-corrected chi connectivity index (χ2v) is 8.48.